The number of rotatable bonds is 4. The first-order valence-corrected chi connectivity index (χ1v) is 6.71. The molecule has 1 aromatic heterocycles. The lowest BCUT2D eigenvalue weighted by Crippen LogP contribution is -2.28. The predicted molar refractivity (Wildman–Crippen MR) is 73.5 cm³/mol. The zero-order valence-corrected chi connectivity index (χ0v) is 11.3. The van der Waals surface area contributed by atoms with E-state index in [4.69, 9.17) is 5.26 Å². The summed E-state index contributed by atoms with van der Waals surface area (Å²) in [5.41, 5.74) is 3.37. The Bertz CT molecular complexity index is 601. The van der Waals surface area contributed by atoms with Crippen LogP contribution < -0.4 is 5.32 Å². The standard InChI is InChI=1S/C14H13N3OS/c1-10-13(19-9-17-10)8-16-14(18)12(7-15)11-5-3-2-4-6-11/h2-6,9,12H,8H2,1H3,(H,16,18). The first-order valence-electron chi connectivity index (χ1n) is 5.83. The minimum atomic E-state index is -0.769. The topological polar surface area (TPSA) is 65.8 Å². The van der Waals surface area contributed by atoms with Crippen molar-refractivity contribution < 1.29 is 4.79 Å². The molecule has 4 nitrogen and oxygen atoms in total. The van der Waals surface area contributed by atoms with Crippen molar-refractivity contribution >= 4 is 17.2 Å². The number of nitrogens with zero attached hydrogens (tertiary/aromatic N) is 2. The summed E-state index contributed by atoms with van der Waals surface area (Å²) in [5, 5.41) is 11.9. The zero-order valence-electron chi connectivity index (χ0n) is 10.5. The van der Waals surface area contributed by atoms with E-state index in [1.165, 1.54) is 11.3 Å². The van der Waals surface area contributed by atoms with Crippen molar-refractivity contribution in [2.24, 2.45) is 0 Å². The van der Waals surface area contributed by atoms with E-state index in [1.807, 2.05) is 31.2 Å². The molecule has 1 atom stereocenters. The maximum absolute atomic E-state index is 12.0. The van der Waals surface area contributed by atoms with Crippen LogP contribution in [0.25, 0.3) is 0 Å². The molecule has 0 spiro atoms. The molecule has 2 aromatic rings. The first kappa shape index (κ1) is 13.2. The summed E-state index contributed by atoms with van der Waals surface area (Å²) < 4.78 is 0. The van der Waals surface area contributed by atoms with Crippen LogP contribution in [0.4, 0.5) is 0 Å². The SMILES string of the molecule is Cc1ncsc1CNC(=O)C(C#N)c1ccccc1. The minimum Gasteiger partial charge on any atom is -0.350 e. The average Bonchev–Trinajstić information content (AvgIpc) is 2.84. The van der Waals surface area contributed by atoms with Crippen LogP contribution in [0.3, 0.4) is 0 Å². The van der Waals surface area contributed by atoms with Crippen LogP contribution in [-0.2, 0) is 11.3 Å². The lowest BCUT2D eigenvalue weighted by Gasteiger charge is -2.09. The molecule has 0 aliphatic rings. The normalized spacial score (nSPS) is 11.6. The highest BCUT2D eigenvalue weighted by Crippen LogP contribution is 2.16. The van der Waals surface area contributed by atoms with Gasteiger partial charge in [0, 0.05) is 4.88 Å². The van der Waals surface area contributed by atoms with Crippen LogP contribution in [0.1, 0.15) is 22.1 Å². The largest absolute Gasteiger partial charge is 0.350 e. The summed E-state index contributed by atoms with van der Waals surface area (Å²) in [4.78, 5) is 17.2. The molecule has 0 saturated carbocycles. The summed E-state index contributed by atoms with van der Waals surface area (Å²) >= 11 is 1.50. The molecule has 0 radical (unpaired) electrons. The van der Waals surface area contributed by atoms with Crippen LogP contribution in [-0.4, -0.2) is 10.9 Å². The van der Waals surface area contributed by atoms with E-state index in [-0.39, 0.29) is 5.91 Å². The van der Waals surface area contributed by atoms with Gasteiger partial charge in [-0.15, -0.1) is 11.3 Å². The van der Waals surface area contributed by atoms with Crippen LogP contribution >= 0.6 is 11.3 Å². The number of carbonyl (C=O) groups is 1. The number of benzene rings is 1. The highest BCUT2D eigenvalue weighted by atomic mass is 32.1. The molecule has 0 fully saturated rings. The lowest BCUT2D eigenvalue weighted by molar-refractivity contribution is -0.121. The third-order valence-electron chi connectivity index (χ3n) is 2.79. The van der Waals surface area contributed by atoms with Crippen LogP contribution in [0.5, 0.6) is 0 Å². The van der Waals surface area contributed by atoms with Gasteiger partial charge in [0.2, 0.25) is 5.91 Å². The van der Waals surface area contributed by atoms with Gasteiger partial charge in [-0.1, -0.05) is 30.3 Å². The molecule has 0 bridgehead atoms. The van der Waals surface area contributed by atoms with Crippen molar-refractivity contribution in [1.29, 1.82) is 5.26 Å². The van der Waals surface area contributed by atoms with Gasteiger partial charge in [0.15, 0.2) is 0 Å². The molecule has 5 heteroatoms. The number of amides is 1. The molecule has 0 aliphatic heterocycles. The molecule has 19 heavy (non-hydrogen) atoms. The summed E-state index contributed by atoms with van der Waals surface area (Å²) in [6.07, 6.45) is 0. The highest BCUT2D eigenvalue weighted by Gasteiger charge is 2.19. The third kappa shape index (κ3) is 3.18. The lowest BCUT2D eigenvalue weighted by atomic mass is 10.00. The highest BCUT2D eigenvalue weighted by molar-refractivity contribution is 7.09. The second-order valence-electron chi connectivity index (χ2n) is 4.05. The molecule has 1 N–H and O–H groups in total. The van der Waals surface area contributed by atoms with E-state index in [2.05, 4.69) is 10.3 Å². The number of aromatic nitrogens is 1. The molecular formula is C14H13N3OS. The number of carbonyl (C=O) groups excluding carboxylic acids is 1. The quantitative estimate of drug-likeness (QED) is 0.928. The van der Waals surface area contributed by atoms with Crippen molar-refractivity contribution in [3.63, 3.8) is 0 Å². The molecule has 0 aliphatic carbocycles. The van der Waals surface area contributed by atoms with Gasteiger partial charge >= 0.3 is 0 Å². The van der Waals surface area contributed by atoms with Crippen LogP contribution in [0.2, 0.25) is 0 Å². The van der Waals surface area contributed by atoms with E-state index in [0.29, 0.717) is 12.1 Å². The fourth-order valence-electron chi connectivity index (χ4n) is 1.70. The maximum atomic E-state index is 12.0. The van der Waals surface area contributed by atoms with E-state index < -0.39 is 5.92 Å². The van der Waals surface area contributed by atoms with E-state index >= 15 is 0 Å². The van der Waals surface area contributed by atoms with Gasteiger partial charge in [-0.2, -0.15) is 5.26 Å². The second kappa shape index (κ2) is 6.12. The van der Waals surface area contributed by atoms with Crippen molar-refractivity contribution in [1.82, 2.24) is 10.3 Å². The minimum absolute atomic E-state index is 0.276. The molecule has 1 aromatic carbocycles. The van der Waals surface area contributed by atoms with Crippen molar-refractivity contribution in [3.05, 3.63) is 52.0 Å². The Balaban J connectivity index is 2.03. The fourth-order valence-corrected chi connectivity index (χ4v) is 2.41. The maximum Gasteiger partial charge on any atom is 0.242 e. The average molecular weight is 271 g/mol. The van der Waals surface area contributed by atoms with Crippen molar-refractivity contribution in [3.8, 4) is 6.07 Å². The Labute approximate surface area is 115 Å². The predicted octanol–water partition coefficient (Wildman–Crippen LogP) is 2.38. The molecule has 2 rings (SSSR count). The van der Waals surface area contributed by atoms with Gasteiger partial charge in [-0.05, 0) is 12.5 Å². The Morgan fingerprint density at radius 3 is 2.79 bits per heavy atom. The Morgan fingerprint density at radius 1 is 1.47 bits per heavy atom. The number of thiazole rings is 1. The van der Waals surface area contributed by atoms with E-state index in [0.717, 1.165) is 10.6 Å². The monoisotopic (exact) mass is 271 g/mol. The van der Waals surface area contributed by atoms with Gasteiger partial charge in [-0.3, -0.25) is 4.79 Å². The van der Waals surface area contributed by atoms with E-state index in [1.54, 1.807) is 17.6 Å². The summed E-state index contributed by atoms with van der Waals surface area (Å²) in [5.74, 6) is -1.05. The number of aryl methyl sites for hydroxylation is 1. The molecule has 1 amide bonds. The third-order valence-corrected chi connectivity index (χ3v) is 3.73. The Morgan fingerprint density at radius 2 is 2.21 bits per heavy atom. The molecule has 96 valence electrons. The van der Waals surface area contributed by atoms with Crippen molar-refractivity contribution in [2.75, 3.05) is 0 Å². The van der Waals surface area contributed by atoms with Crippen LogP contribution in [0.15, 0.2) is 35.8 Å². The molecule has 1 unspecified atom stereocenters. The van der Waals surface area contributed by atoms with E-state index in [9.17, 15) is 4.79 Å². The Kier molecular flexibility index (Phi) is 4.26. The number of hydrogen-bond acceptors (Lipinski definition) is 4. The van der Waals surface area contributed by atoms with Gasteiger partial charge in [0.05, 0.1) is 23.8 Å². The van der Waals surface area contributed by atoms with Crippen molar-refractivity contribution in [2.45, 2.75) is 19.4 Å². The van der Waals surface area contributed by atoms with Gasteiger partial charge in [0.1, 0.15) is 5.92 Å². The fraction of sp³-hybridized carbons (Fsp3) is 0.214. The van der Waals surface area contributed by atoms with Gasteiger partial charge < -0.3 is 5.32 Å². The first-order chi connectivity index (χ1) is 9.22. The number of nitrogens with one attached hydrogen (secondary N) is 1. The zero-order chi connectivity index (χ0) is 13.7. The summed E-state index contributed by atoms with van der Waals surface area (Å²) in [6.45, 7) is 2.32. The molecule has 0 saturated heterocycles. The van der Waals surface area contributed by atoms with Gasteiger partial charge in [-0.25, -0.2) is 4.98 Å². The number of hydrogen-bond donors (Lipinski definition) is 1. The second-order valence-corrected chi connectivity index (χ2v) is 4.99. The summed E-state index contributed by atoms with van der Waals surface area (Å²) in [7, 11) is 0. The molecule has 1 heterocycles. The summed E-state index contributed by atoms with van der Waals surface area (Å²) in [6, 6.07) is 11.1. The smallest absolute Gasteiger partial charge is 0.242 e. The van der Waals surface area contributed by atoms with Crippen LogP contribution in [0, 0.1) is 18.3 Å². The number of nitriles is 1. The van der Waals surface area contributed by atoms with Gasteiger partial charge in [0.25, 0.3) is 0 Å². The Hall–Kier alpha value is -2.19. The molecular weight excluding hydrogens is 258 g/mol.